The highest BCUT2D eigenvalue weighted by atomic mass is 32.1. The van der Waals surface area contributed by atoms with Gasteiger partial charge in [-0.25, -0.2) is 9.78 Å². The smallest absolute Gasteiger partial charge is 0.319 e. The van der Waals surface area contributed by atoms with Gasteiger partial charge in [0.1, 0.15) is 12.4 Å². The summed E-state index contributed by atoms with van der Waals surface area (Å²) in [5.41, 5.74) is 3.35. The van der Waals surface area contributed by atoms with Crippen LogP contribution in [-0.4, -0.2) is 30.3 Å². The lowest BCUT2D eigenvalue weighted by molar-refractivity contribution is 0.112. The Bertz CT molecular complexity index is 627. The molecule has 0 aliphatic carbocycles. The van der Waals surface area contributed by atoms with Gasteiger partial charge in [-0.1, -0.05) is 6.07 Å². The molecule has 2 aromatic rings. The highest BCUT2D eigenvalue weighted by Gasteiger charge is 2.16. The molecule has 1 aromatic carbocycles. The molecule has 2 heterocycles. The number of nitrogens with one attached hydrogen (secondary N) is 2. The van der Waals surface area contributed by atoms with Gasteiger partial charge >= 0.3 is 6.03 Å². The van der Waals surface area contributed by atoms with E-state index in [0.29, 0.717) is 24.6 Å². The molecule has 0 unspecified atom stereocenters. The summed E-state index contributed by atoms with van der Waals surface area (Å²) in [4.78, 5) is 16.1. The first-order valence-corrected chi connectivity index (χ1v) is 8.50. The summed E-state index contributed by atoms with van der Waals surface area (Å²) in [6, 6.07) is 7.06. The van der Waals surface area contributed by atoms with Gasteiger partial charge in [0.25, 0.3) is 0 Å². The lowest BCUT2D eigenvalue weighted by atomic mass is 10.2. The molecule has 3 rings (SSSR count). The second-order valence-electron chi connectivity index (χ2n) is 5.27. The molecular formula is C16H19N3O3S. The van der Waals surface area contributed by atoms with E-state index in [2.05, 4.69) is 15.6 Å². The fourth-order valence-electron chi connectivity index (χ4n) is 2.32. The third-order valence-corrected chi connectivity index (χ3v) is 4.11. The van der Waals surface area contributed by atoms with Crippen molar-refractivity contribution in [1.82, 2.24) is 10.3 Å². The number of thiazole rings is 1. The summed E-state index contributed by atoms with van der Waals surface area (Å²) in [7, 11) is 0. The largest absolute Gasteiger partial charge is 0.487 e. The van der Waals surface area contributed by atoms with Crippen molar-refractivity contribution >= 4 is 23.1 Å². The minimum absolute atomic E-state index is 0.133. The standard InChI is InChI=1S/C16H19N3O3S/c20-16(17-8-15-5-2-6-21-15)19-12-3-1-4-14(7-12)22-9-13-10-23-11-18-13/h1,3-4,7,10-11,15H,2,5-6,8-9H2,(H2,17,19,20)/t15-/m1/s1. The molecule has 0 bridgehead atoms. The van der Waals surface area contributed by atoms with E-state index in [9.17, 15) is 4.79 Å². The van der Waals surface area contributed by atoms with E-state index in [-0.39, 0.29) is 12.1 Å². The molecule has 1 atom stereocenters. The number of aromatic nitrogens is 1. The molecule has 1 aliphatic rings. The van der Waals surface area contributed by atoms with Crippen LogP contribution in [0.1, 0.15) is 18.5 Å². The van der Waals surface area contributed by atoms with Crippen molar-refractivity contribution in [2.75, 3.05) is 18.5 Å². The van der Waals surface area contributed by atoms with Crippen LogP contribution in [0.3, 0.4) is 0 Å². The Morgan fingerprint density at radius 2 is 2.43 bits per heavy atom. The number of benzene rings is 1. The zero-order valence-electron chi connectivity index (χ0n) is 12.7. The maximum Gasteiger partial charge on any atom is 0.319 e. The lowest BCUT2D eigenvalue weighted by Gasteiger charge is -2.12. The van der Waals surface area contributed by atoms with Crippen LogP contribution >= 0.6 is 11.3 Å². The quantitative estimate of drug-likeness (QED) is 0.852. The lowest BCUT2D eigenvalue weighted by Crippen LogP contribution is -2.35. The van der Waals surface area contributed by atoms with E-state index < -0.39 is 0 Å². The summed E-state index contributed by atoms with van der Waals surface area (Å²) < 4.78 is 11.1. The zero-order valence-corrected chi connectivity index (χ0v) is 13.5. The Morgan fingerprint density at radius 3 is 3.22 bits per heavy atom. The highest BCUT2D eigenvalue weighted by molar-refractivity contribution is 7.07. The van der Waals surface area contributed by atoms with E-state index >= 15 is 0 Å². The molecule has 2 amide bonds. The normalized spacial score (nSPS) is 17.0. The summed E-state index contributed by atoms with van der Waals surface area (Å²) >= 11 is 1.54. The molecule has 6 nitrogen and oxygen atoms in total. The van der Waals surface area contributed by atoms with Gasteiger partial charge in [0.05, 0.1) is 17.3 Å². The van der Waals surface area contributed by atoms with E-state index in [4.69, 9.17) is 9.47 Å². The molecule has 7 heteroatoms. The average molecular weight is 333 g/mol. The van der Waals surface area contributed by atoms with Crippen LogP contribution in [0.4, 0.5) is 10.5 Å². The minimum atomic E-state index is -0.239. The fraction of sp³-hybridized carbons (Fsp3) is 0.375. The number of carbonyl (C=O) groups is 1. The summed E-state index contributed by atoms with van der Waals surface area (Å²) in [5.74, 6) is 0.690. The minimum Gasteiger partial charge on any atom is -0.487 e. The first kappa shape index (κ1) is 15.8. The average Bonchev–Trinajstić information content (AvgIpc) is 3.25. The first-order valence-electron chi connectivity index (χ1n) is 7.56. The number of ether oxygens (including phenoxy) is 2. The predicted molar refractivity (Wildman–Crippen MR) is 88.9 cm³/mol. The van der Waals surface area contributed by atoms with Crippen LogP contribution in [0.25, 0.3) is 0 Å². The van der Waals surface area contributed by atoms with Gasteiger partial charge in [0.15, 0.2) is 0 Å². The fourth-order valence-corrected chi connectivity index (χ4v) is 2.86. The van der Waals surface area contributed by atoms with Crippen molar-refractivity contribution in [2.45, 2.75) is 25.6 Å². The highest BCUT2D eigenvalue weighted by Crippen LogP contribution is 2.18. The summed E-state index contributed by atoms with van der Waals surface area (Å²) in [5, 5.41) is 7.57. The maximum atomic E-state index is 11.9. The number of anilines is 1. The number of urea groups is 1. The molecular weight excluding hydrogens is 314 g/mol. The van der Waals surface area contributed by atoms with E-state index in [0.717, 1.165) is 25.1 Å². The topological polar surface area (TPSA) is 72.5 Å². The summed E-state index contributed by atoms with van der Waals surface area (Å²) in [6.45, 7) is 1.73. The van der Waals surface area contributed by atoms with Crippen LogP contribution < -0.4 is 15.4 Å². The van der Waals surface area contributed by atoms with Gasteiger partial charge in [-0.2, -0.15) is 0 Å². The SMILES string of the molecule is O=C(NC[C@H]1CCCO1)Nc1cccc(OCc2cscn2)c1. The van der Waals surface area contributed by atoms with Crippen LogP contribution in [0.15, 0.2) is 35.2 Å². The number of nitrogens with zero attached hydrogens (tertiary/aromatic N) is 1. The molecule has 23 heavy (non-hydrogen) atoms. The van der Waals surface area contributed by atoms with Gasteiger partial charge in [-0.15, -0.1) is 11.3 Å². The van der Waals surface area contributed by atoms with Crippen LogP contribution in [0, 0.1) is 0 Å². The van der Waals surface area contributed by atoms with Crippen molar-refractivity contribution in [3.8, 4) is 5.75 Å². The Labute approximate surface area is 138 Å². The Morgan fingerprint density at radius 1 is 1.48 bits per heavy atom. The molecule has 2 N–H and O–H groups in total. The first-order chi connectivity index (χ1) is 11.3. The van der Waals surface area contributed by atoms with E-state index in [1.165, 1.54) is 11.3 Å². The number of hydrogen-bond acceptors (Lipinski definition) is 5. The van der Waals surface area contributed by atoms with Gasteiger partial charge in [0.2, 0.25) is 0 Å². The van der Waals surface area contributed by atoms with Crippen molar-refractivity contribution in [3.05, 3.63) is 40.8 Å². The number of carbonyl (C=O) groups excluding carboxylic acids is 1. The molecule has 1 aliphatic heterocycles. The molecule has 122 valence electrons. The predicted octanol–water partition coefficient (Wildman–Crippen LogP) is 3.02. The second kappa shape index (κ2) is 7.94. The monoisotopic (exact) mass is 333 g/mol. The molecule has 0 saturated carbocycles. The number of rotatable bonds is 6. The molecule has 1 aromatic heterocycles. The van der Waals surface area contributed by atoms with Gasteiger partial charge < -0.3 is 20.1 Å². The van der Waals surface area contributed by atoms with E-state index in [1.807, 2.05) is 23.6 Å². The molecule has 1 fully saturated rings. The van der Waals surface area contributed by atoms with Crippen molar-refractivity contribution < 1.29 is 14.3 Å². The third kappa shape index (κ3) is 4.94. The van der Waals surface area contributed by atoms with Crippen LogP contribution in [0.5, 0.6) is 5.75 Å². The van der Waals surface area contributed by atoms with Gasteiger partial charge in [0, 0.05) is 30.3 Å². The second-order valence-corrected chi connectivity index (χ2v) is 5.99. The Kier molecular flexibility index (Phi) is 5.44. The third-order valence-electron chi connectivity index (χ3n) is 3.48. The van der Waals surface area contributed by atoms with Crippen LogP contribution in [-0.2, 0) is 11.3 Å². The van der Waals surface area contributed by atoms with Crippen molar-refractivity contribution in [3.63, 3.8) is 0 Å². The van der Waals surface area contributed by atoms with Gasteiger partial charge in [-0.3, -0.25) is 0 Å². The number of amides is 2. The molecule has 0 radical (unpaired) electrons. The Balaban J connectivity index is 1.47. The maximum absolute atomic E-state index is 11.9. The zero-order chi connectivity index (χ0) is 15.9. The summed E-state index contributed by atoms with van der Waals surface area (Å²) in [6.07, 6.45) is 2.19. The number of hydrogen-bond donors (Lipinski definition) is 2. The molecule has 1 saturated heterocycles. The van der Waals surface area contributed by atoms with Crippen molar-refractivity contribution in [1.29, 1.82) is 0 Å². The van der Waals surface area contributed by atoms with E-state index in [1.54, 1.807) is 11.6 Å². The van der Waals surface area contributed by atoms with Crippen LogP contribution in [0.2, 0.25) is 0 Å². The van der Waals surface area contributed by atoms with Gasteiger partial charge in [-0.05, 0) is 25.0 Å². The van der Waals surface area contributed by atoms with Crippen molar-refractivity contribution in [2.24, 2.45) is 0 Å². The molecule has 0 spiro atoms. The Hall–Kier alpha value is -2.12.